The van der Waals surface area contributed by atoms with E-state index in [9.17, 15) is 9.90 Å². The van der Waals surface area contributed by atoms with E-state index in [1.54, 1.807) is 19.2 Å². The summed E-state index contributed by atoms with van der Waals surface area (Å²) in [4.78, 5) is 21.3. The van der Waals surface area contributed by atoms with E-state index in [2.05, 4.69) is 14.4 Å². The van der Waals surface area contributed by atoms with Gasteiger partial charge in [-0.05, 0) is 57.0 Å². The minimum absolute atomic E-state index is 0.209. The summed E-state index contributed by atoms with van der Waals surface area (Å²) in [6.45, 7) is 3.10. The molecule has 0 unspecified atom stereocenters. The topological polar surface area (TPSA) is 80.1 Å². The van der Waals surface area contributed by atoms with E-state index in [-0.39, 0.29) is 18.1 Å². The minimum Gasteiger partial charge on any atom is -0.465 e. The molecule has 8 nitrogen and oxygen atoms in total. The number of ether oxygens (including phenoxy) is 2. The fourth-order valence-electron chi connectivity index (χ4n) is 5.13. The number of methoxy groups -OCH3 is 2. The van der Waals surface area contributed by atoms with E-state index in [0.717, 1.165) is 42.9 Å². The molecule has 4 atom stereocenters. The standard InChI is InChI=1S/C22H32N4O4/c1-24(2)19-10-15-12-25(13-16(15)11-20(19)27)22-23-17-9-14(21(28)30-4)5-6-18(17)26(22)7-8-29-3/h5-6,9,15-16,19-20,27H,7-8,10-13H2,1-4H3/t15-,16+,19-,20-/m1/s1. The van der Waals surface area contributed by atoms with Gasteiger partial charge in [-0.15, -0.1) is 0 Å². The molecule has 8 heteroatoms. The quantitative estimate of drug-likeness (QED) is 0.717. The molecule has 0 spiro atoms. The van der Waals surface area contributed by atoms with Gasteiger partial charge in [0.15, 0.2) is 0 Å². The SMILES string of the molecule is COCCn1c(N2C[C@H]3C[C@@H](N(C)C)[C@H](O)C[C@H]3C2)nc2cc(C(=O)OC)ccc21. The highest BCUT2D eigenvalue weighted by molar-refractivity contribution is 5.94. The molecule has 0 bridgehead atoms. The molecule has 1 saturated carbocycles. The van der Waals surface area contributed by atoms with Crippen LogP contribution in [0.5, 0.6) is 0 Å². The van der Waals surface area contributed by atoms with Crippen molar-refractivity contribution in [1.82, 2.24) is 14.5 Å². The van der Waals surface area contributed by atoms with Crippen LogP contribution in [0.4, 0.5) is 5.95 Å². The number of aromatic nitrogens is 2. The Balaban J connectivity index is 1.65. The summed E-state index contributed by atoms with van der Waals surface area (Å²) in [6, 6.07) is 5.72. The van der Waals surface area contributed by atoms with Crippen molar-refractivity contribution in [2.24, 2.45) is 11.8 Å². The van der Waals surface area contributed by atoms with E-state index < -0.39 is 0 Å². The maximum atomic E-state index is 11.9. The first-order valence-electron chi connectivity index (χ1n) is 10.6. The lowest BCUT2D eigenvalue weighted by Crippen LogP contribution is -2.46. The average Bonchev–Trinajstić information content (AvgIpc) is 3.30. The maximum Gasteiger partial charge on any atom is 0.337 e. The number of benzene rings is 1. The highest BCUT2D eigenvalue weighted by atomic mass is 16.5. The van der Waals surface area contributed by atoms with Crippen LogP contribution in [-0.4, -0.2) is 85.7 Å². The third-order valence-corrected chi connectivity index (χ3v) is 6.72. The smallest absolute Gasteiger partial charge is 0.337 e. The summed E-state index contributed by atoms with van der Waals surface area (Å²) in [7, 11) is 7.17. The van der Waals surface area contributed by atoms with E-state index in [4.69, 9.17) is 14.5 Å². The summed E-state index contributed by atoms with van der Waals surface area (Å²) in [5.74, 6) is 1.56. The highest BCUT2D eigenvalue weighted by Crippen LogP contribution is 2.40. The lowest BCUT2D eigenvalue weighted by molar-refractivity contribution is 0.00942. The van der Waals surface area contributed by atoms with Crippen molar-refractivity contribution in [2.45, 2.75) is 31.5 Å². The van der Waals surface area contributed by atoms with Crippen LogP contribution < -0.4 is 4.90 Å². The van der Waals surface area contributed by atoms with Crippen molar-refractivity contribution < 1.29 is 19.4 Å². The van der Waals surface area contributed by atoms with Crippen LogP contribution in [0.15, 0.2) is 18.2 Å². The van der Waals surface area contributed by atoms with Crippen LogP contribution in [0, 0.1) is 11.8 Å². The van der Waals surface area contributed by atoms with Crippen molar-refractivity contribution in [3.8, 4) is 0 Å². The molecule has 1 N–H and O–H groups in total. The number of hydrogen-bond acceptors (Lipinski definition) is 7. The number of nitrogens with zero attached hydrogens (tertiary/aromatic N) is 4. The number of aliphatic hydroxyl groups excluding tert-OH is 1. The fourth-order valence-corrected chi connectivity index (χ4v) is 5.13. The summed E-state index contributed by atoms with van der Waals surface area (Å²) >= 11 is 0. The molecule has 1 aromatic carbocycles. The van der Waals surface area contributed by atoms with Crippen molar-refractivity contribution in [2.75, 3.05) is 52.9 Å². The van der Waals surface area contributed by atoms with Crippen LogP contribution >= 0.6 is 0 Å². The van der Waals surface area contributed by atoms with Crippen LogP contribution in [0.25, 0.3) is 11.0 Å². The molecular formula is C22H32N4O4. The lowest BCUT2D eigenvalue weighted by atomic mass is 9.77. The van der Waals surface area contributed by atoms with Crippen LogP contribution in [0.1, 0.15) is 23.2 Å². The van der Waals surface area contributed by atoms with Gasteiger partial charge in [-0.3, -0.25) is 0 Å². The number of carbonyl (C=O) groups is 1. The molecule has 4 rings (SSSR count). The largest absolute Gasteiger partial charge is 0.465 e. The van der Waals surface area contributed by atoms with Gasteiger partial charge < -0.3 is 28.9 Å². The Kier molecular flexibility index (Phi) is 5.99. The lowest BCUT2D eigenvalue weighted by Gasteiger charge is -2.38. The summed E-state index contributed by atoms with van der Waals surface area (Å²) in [6.07, 6.45) is 1.55. The van der Waals surface area contributed by atoms with E-state index >= 15 is 0 Å². The van der Waals surface area contributed by atoms with Gasteiger partial charge >= 0.3 is 5.97 Å². The zero-order valence-corrected chi connectivity index (χ0v) is 18.2. The maximum absolute atomic E-state index is 11.9. The summed E-state index contributed by atoms with van der Waals surface area (Å²) in [5, 5.41) is 10.6. The third kappa shape index (κ3) is 3.79. The number of aliphatic hydroxyl groups is 1. The molecule has 164 valence electrons. The minimum atomic E-state index is -0.360. The Bertz CT molecular complexity index is 912. The van der Waals surface area contributed by atoms with E-state index in [1.807, 2.05) is 20.2 Å². The monoisotopic (exact) mass is 416 g/mol. The predicted molar refractivity (Wildman–Crippen MR) is 115 cm³/mol. The number of rotatable bonds is 6. The molecule has 0 radical (unpaired) electrons. The van der Waals surface area contributed by atoms with Gasteiger partial charge in [-0.1, -0.05) is 0 Å². The van der Waals surface area contributed by atoms with Gasteiger partial charge in [0, 0.05) is 32.8 Å². The van der Waals surface area contributed by atoms with E-state index in [0.29, 0.717) is 30.6 Å². The summed E-state index contributed by atoms with van der Waals surface area (Å²) < 4.78 is 12.4. The molecular weight excluding hydrogens is 384 g/mol. The second-order valence-corrected chi connectivity index (χ2v) is 8.75. The van der Waals surface area contributed by atoms with Crippen molar-refractivity contribution in [1.29, 1.82) is 0 Å². The second-order valence-electron chi connectivity index (χ2n) is 8.75. The van der Waals surface area contributed by atoms with Crippen molar-refractivity contribution in [3.05, 3.63) is 23.8 Å². The Morgan fingerprint density at radius 3 is 2.63 bits per heavy atom. The molecule has 1 saturated heterocycles. The molecule has 2 aliphatic rings. The van der Waals surface area contributed by atoms with Gasteiger partial charge in [0.1, 0.15) is 0 Å². The van der Waals surface area contributed by atoms with Crippen LogP contribution in [0.3, 0.4) is 0 Å². The molecule has 1 aliphatic carbocycles. The van der Waals surface area contributed by atoms with Gasteiger partial charge in [0.2, 0.25) is 5.95 Å². The Morgan fingerprint density at radius 2 is 1.97 bits per heavy atom. The van der Waals surface area contributed by atoms with Crippen molar-refractivity contribution in [3.63, 3.8) is 0 Å². The first-order valence-corrected chi connectivity index (χ1v) is 10.6. The number of anilines is 1. The molecule has 0 amide bonds. The summed E-state index contributed by atoms with van der Waals surface area (Å²) in [5.41, 5.74) is 2.26. The molecule has 2 fully saturated rings. The first-order chi connectivity index (χ1) is 14.4. The van der Waals surface area contributed by atoms with Crippen molar-refractivity contribution >= 4 is 23.0 Å². The molecule has 30 heavy (non-hydrogen) atoms. The van der Waals surface area contributed by atoms with Crippen LogP contribution in [-0.2, 0) is 16.0 Å². The number of carbonyl (C=O) groups excluding carboxylic acids is 1. The van der Waals surface area contributed by atoms with Crippen LogP contribution in [0.2, 0.25) is 0 Å². The number of fused-ring (bicyclic) bond motifs is 2. The third-order valence-electron chi connectivity index (χ3n) is 6.72. The first kappa shape index (κ1) is 21.1. The van der Waals surface area contributed by atoms with Gasteiger partial charge in [-0.25, -0.2) is 9.78 Å². The number of hydrogen-bond donors (Lipinski definition) is 1. The second kappa shape index (κ2) is 8.53. The highest BCUT2D eigenvalue weighted by Gasteiger charge is 2.43. The van der Waals surface area contributed by atoms with Gasteiger partial charge in [0.05, 0.1) is 36.4 Å². The Hall–Kier alpha value is -2.16. The molecule has 1 aromatic heterocycles. The fraction of sp³-hybridized carbons (Fsp3) is 0.636. The Morgan fingerprint density at radius 1 is 1.23 bits per heavy atom. The van der Waals surface area contributed by atoms with Gasteiger partial charge in [0.25, 0.3) is 0 Å². The van der Waals surface area contributed by atoms with Gasteiger partial charge in [-0.2, -0.15) is 0 Å². The molecule has 2 aromatic rings. The number of imidazole rings is 1. The van der Waals surface area contributed by atoms with E-state index in [1.165, 1.54) is 7.11 Å². The zero-order chi connectivity index (χ0) is 21.4. The Labute approximate surface area is 177 Å². The predicted octanol–water partition coefficient (Wildman–Crippen LogP) is 1.61. The number of esters is 1. The number of likely N-dealkylation sites (N-methyl/N-ethyl adjacent to an activating group) is 1. The zero-order valence-electron chi connectivity index (χ0n) is 18.2. The molecule has 2 heterocycles. The average molecular weight is 417 g/mol. The normalized spacial score (nSPS) is 26.4. The molecule has 1 aliphatic heterocycles.